The Balaban J connectivity index is 1.67. The minimum atomic E-state index is 0.279. The zero-order chi connectivity index (χ0) is 13.4. The fourth-order valence-electron chi connectivity index (χ4n) is 3.65. The van der Waals surface area contributed by atoms with Crippen molar-refractivity contribution < 1.29 is 4.79 Å². The quantitative estimate of drug-likeness (QED) is 0.850. The molecule has 2 saturated heterocycles. The predicted molar refractivity (Wildman–Crippen MR) is 80.2 cm³/mol. The van der Waals surface area contributed by atoms with E-state index in [0.717, 1.165) is 22.9 Å². The Morgan fingerprint density at radius 3 is 2.53 bits per heavy atom. The van der Waals surface area contributed by atoms with Gasteiger partial charge in [-0.25, -0.2) is 0 Å². The van der Waals surface area contributed by atoms with Gasteiger partial charge in [-0.1, -0.05) is 34.1 Å². The van der Waals surface area contributed by atoms with Crippen molar-refractivity contribution in [2.75, 3.05) is 7.05 Å². The lowest BCUT2D eigenvalue weighted by Gasteiger charge is -2.35. The van der Waals surface area contributed by atoms with E-state index in [2.05, 4.69) is 27.9 Å². The van der Waals surface area contributed by atoms with Crippen LogP contribution in [-0.4, -0.2) is 29.8 Å². The molecule has 2 nitrogen and oxygen atoms in total. The maximum absolute atomic E-state index is 12.5. The summed E-state index contributed by atoms with van der Waals surface area (Å²) in [5.74, 6) is 0.706. The summed E-state index contributed by atoms with van der Waals surface area (Å²) in [5, 5.41) is 0. The first-order chi connectivity index (χ1) is 9.15. The number of carbonyl (C=O) groups is 1. The molecular weight excluding hydrogens is 302 g/mol. The van der Waals surface area contributed by atoms with E-state index < -0.39 is 0 Å². The van der Waals surface area contributed by atoms with E-state index in [1.54, 1.807) is 0 Å². The van der Waals surface area contributed by atoms with E-state index in [1.807, 2.05) is 24.3 Å². The number of piperidine rings is 1. The van der Waals surface area contributed by atoms with Crippen LogP contribution in [0.15, 0.2) is 28.7 Å². The predicted octanol–water partition coefficient (Wildman–Crippen LogP) is 3.43. The van der Waals surface area contributed by atoms with Gasteiger partial charge in [0.1, 0.15) is 5.78 Å². The van der Waals surface area contributed by atoms with Gasteiger partial charge in [0, 0.05) is 28.9 Å². The van der Waals surface area contributed by atoms with E-state index in [9.17, 15) is 4.79 Å². The lowest BCUT2D eigenvalue weighted by molar-refractivity contribution is -0.124. The standard InChI is InChI=1S/C16H20BrNO/c1-18-13-6-7-14(18)9-12(8-13)16(19)10-11-4-2-3-5-15(11)17/h2-5,12-14H,6-10H2,1H3. The van der Waals surface area contributed by atoms with Crippen LogP contribution in [0.1, 0.15) is 31.2 Å². The molecule has 0 saturated carbocycles. The Morgan fingerprint density at radius 1 is 1.26 bits per heavy atom. The number of nitrogens with zero attached hydrogens (tertiary/aromatic N) is 1. The molecule has 0 amide bonds. The number of carbonyl (C=O) groups excluding carboxylic acids is 1. The third-order valence-corrected chi connectivity index (χ3v) is 5.65. The van der Waals surface area contributed by atoms with Gasteiger partial charge in [-0.3, -0.25) is 4.79 Å². The van der Waals surface area contributed by atoms with E-state index in [0.29, 0.717) is 24.3 Å². The van der Waals surface area contributed by atoms with Gasteiger partial charge in [0.15, 0.2) is 0 Å². The summed E-state index contributed by atoms with van der Waals surface area (Å²) >= 11 is 3.53. The van der Waals surface area contributed by atoms with E-state index in [-0.39, 0.29) is 5.92 Å². The van der Waals surface area contributed by atoms with Crippen molar-refractivity contribution in [3.05, 3.63) is 34.3 Å². The van der Waals surface area contributed by atoms with E-state index in [1.165, 1.54) is 12.8 Å². The monoisotopic (exact) mass is 321 g/mol. The molecule has 2 aliphatic heterocycles. The Bertz CT molecular complexity index is 473. The van der Waals surface area contributed by atoms with E-state index >= 15 is 0 Å². The van der Waals surface area contributed by atoms with Crippen LogP contribution in [0.25, 0.3) is 0 Å². The van der Waals surface area contributed by atoms with Gasteiger partial charge in [0.25, 0.3) is 0 Å². The van der Waals surface area contributed by atoms with Gasteiger partial charge < -0.3 is 4.90 Å². The molecule has 2 aliphatic rings. The molecule has 0 spiro atoms. The van der Waals surface area contributed by atoms with Gasteiger partial charge in [-0.15, -0.1) is 0 Å². The SMILES string of the molecule is CN1C2CCC1CC(C(=O)Cc1ccccc1Br)C2. The molecule has 2 bridgehead atoms. The summed E-state index contributed by atoms with van der Waals surface area (Å²) in [5.41, 5.74) is 1.12. The van der Waals surface area contributed by atoms with Gasteiger partial charge in [-0.2, -0.15) is 0 Å². The molecule has 102 valence electrons. The van der Waals surface area contributed by atoms with Crippen LogP contribution in [0.4, 0.5) is 0 Å². The largest absolute Gasteiger partial charge is 0.300 e. The van der Waals surface area contributed by atoms with Crippen molar-refractivity contribution in [2.45, 2.75) is 44.2 Å². The Hall–Kier alpha value is -0.670. The molecule has 1 aromatic carbocycles. The van der Waals surface area contributed by atoms with Crippen LogP contribution >= 0.6 is 15.9 Å². The summed E-state index contributed by atoms with van der Waals surface area (Å²) in [6.45, 7) is 0. The van der Waals surface area contributed by atoms with Gasteiger partial charge in [0.05, 0.1) is 0 Å². The summed E-state index contributed by atoms with van der Waals surface area (Å²) < 4.78 is 1.05. The van der Waals surface area contributed by atoms with Crippen LogP contribution < -0.4 is 0 Å². The Morgan fingerprint density at radius 2 is 1.89 bits per heavy atom. The molecule has 1 aromatic rings. The Kier molecular flexibility index (Phi) is 3.77. The van der Waals surface area contributed by atoms with Crippen LogP contribution in [0.5, 0.6) is 0 Å². The maximum atomic E-state index is 12.5. The summed E-state index contributed by atoms with van der Waals surface area (Å²) in [6, 6.07) is 9.35. The fourth-order valence-corrected chi connectivity index (χ4v) is 4.07. The highest BCUT2D eigenvalue weighted by Crippen LogP contribution is 2.38. The third-order valence-electron chi connectivity index (χ3n) is 4.88. The van der Waals surface area contributed by atoms with Crippen molar-refractivity contribution in [1.82, 2.24) is 4.90 Å². The fraction of sp³-hybridized carbons (Fsp3) is 0.562. The average Bonchev–Trinajstić information content (AvgIpc) is 2.64. The van der Waals surface area contributed by atoms with Gasteiger partial charge >= 0.3 is 0 Å². The lowest BCUT2D eigenvalue weighted by Crippen LogP contribution is -2.42. The first-order valence-electron chi connectivity index (χ1n) is 7.13. The van der Waals surface area contributed by atoms with Crippen LogP contribution in [0, 0.1) is 5.92 Å². The normalized spacial score (nSPS) is 30.5. The van der Waals surface area contributed by atoms with Gasteiger partial charge in [-0.05, 0) is 44.4 Å². The number of ketones is 1. The zero-order valence-electron chi connectivity index (χ0n) is 11.3. The smallest absolute Gasteiger partial charge is 0.140 e. The molecule has 2 fully saturated rings. The molecule has 19 heavy (non-hydrogen) atoms. The number of hydrogen-bond donors (Lipinski definition) is 0. The second-order valence-electron chi connectivity index (χ2n) is 5.95. The summed E-state index contributed by atoms with van der Waals surface area (Å²) in [6.07, 6.45) is 5.27. The van der Waals surface area contributed by atoms with Crippen LogP contribution in [0.2, 0.25) is 0 Å². The van der Waals surface area contributed by atoms with Crippen LogP contribution in [-0.2, 0) is 11.2 Å². The Labute approximate surface area is 123 Å². The van der Waals surface area contributed by atoms with Crippen molar-refractivity contribution in [1.29, 1.82) is 0 Å². The number of rotatable bonds is 3. The van der Waals surface area contributed by atoms with Crippen molar-refractivity contribution in [3.8, 4) is 0 Å². The zero-order valence-corrected chi connectivity index (χ0v) is 12.9. The first-order valence-corrected chi connectivity index (χ1v) is 7.92. The lowest BCUT2D eigenvalue weighted by atomic mass is 9.85. The number of halogens is 1. The molecular formula is C16H20BrNO. The topological polar surface area (TPSA) is 20.3 Å². The molecule has 0 aromatic heterocycles. The molecule has 3 heteroatoms. The minimum absolute atomic E-state index is 0.279. The third kappa shape index (κ3) is 2.63. The second kappa shape index (κ2) is 5.37. The molecule has 0 radical (unpaired) electrons. The molecule has 0 N–H and O–H groups in total. The molecule has 2 atom stereocenters. The molecule has 0 aliphatic carbocycles. The minimum Gasteiger partial charge on any atom is -0.300 e. The van der Waals surface area contributed by atoms with Gasteiger partial charge in [0.2, 0.25) is 0 Å². The number of hydrogen-bond acceptors (Lipinski definition) is 2. The maximum Gasteiger partial charge on any atom is 0.140 e. The number of benzene rings is 1. The number of Topliss-reactive ketones (excluding diaryl/α,β-unsaturated/α-hetero) is 1. The van der Waals surface area contributed by atoms with Crippen molar-refractivity contribution >= 4 is 21.7 Å². The highest BCUT2D eigenvalue weighted by atomic mass is 79.9. The van der Waals surface area contributed by atoms with Crippen LogP contribution in [0.3, 0.4) is 0 Å². The molecule has 2 heterocycles. The highest BCUT2D eigenvalue weighted by molar-refractivity contribution is 9.10. The van der Waals surface area contributed by atoms with Crippen molar-refractivity contribution in [3.63, 3.8) is 0 Å². The highest BCUT2D eigenvalue weighted by Gasteiger charge is 2.40. The van der Waals surface area contributed by atoms with E-state index in [4.69, 9.17) is 0 Å². The summed E-state index contributed by atoms with van der Waals surface area (Å²) in [7, 11) is 2.22. The average molecular weight is 322 g/mol. The molecule has 2 unspecified atom stereocenters. The number of fused-ring (bicyclic) bond motifs is 2. The second-order valence-corrected chi connectivity index (χ2v) is 6.81. The summed E-state index contributed by atoms with van der Waals surface area (Å²) in [4.78, 5) is 15.0. The first kappa shape index (κ1) is 13.3. The van der Waals surface area contributed by atoms with Crippen molar-refractivity contribution in [2.24, 2.45) is 5.92 Å². The molecule has 3 rings (SSSR count).